The van der Waals surface area contributed by atoms with E-state index >= 15 is 0 Å². The third kappa shape index (κ3) is 3.52. The van der Waals surface area contributed by atoms with Gasteiger partial charge < -0.3 is 5.11 Å². The minimum absolute atomic E-state index is 0.0182. The van der Waals surface area contributed by atoms with Gasteiger partial charge in [0, 0.05) is 24.3 Å². The lowest BCUT2D eigenvalue weighted by Gasteiger charge is -2.03. The molecule has 1 N–H and O–H groups in total. The molecule has 98 valence electrons. The molecule has 0 heterocycles. The van der Waals surface area contributed by atoms with Gasteiger partial charge in [-0.05, 0) is 12.5 Å². The number of nitro benzene ring substituents is 1. The molecule has 7 nitrogen and oxygen atoms in total. The number of sulfone groups is 1. The SMILES string of the molecule is CS(=O)(=O)c1ccc(CCC(=O)O)c([N+](=O)[O-])c1. The second kappa shape index (κ2) is 5.13. The van der Waals surface area contributed by atoms with Crippen molar-refractivity contribution in [1.29, 1.82) is 0 Å². The van der Waals surface area contributed by atoms with Gasteiger partial charge in [0.25, 0.3) is 5.69 Å². The highest BCUT2D eigenvalue weighted by Crippen LogP contribution is 2.24. The summed E-state index contributed by atoms with van der Waals surface area (Å²) in [5.74, 6) is -1.07. The van der Waals surface area contributed by atoms with Crippen LogP contribution in [0.5, 0.6) is 0 Å². The lowest BCUT2D eigenvalue weighted by Crippen LogP contribution is -2.03. The average molecular weight is 273 g/mol. The van der Waals surface area contributed by atoms with E-state index in [0.717, 1.165) is 12.3 Å². The molecule has 0 saturated carbocycles. The van der Waals surface area contributed by atoms with Crippen LogP contribution in [0, 0.1) is 10.1 Å². The quantitative estimate of drug-likeness (QED) is 0.632. The van der Waals surface area contributed by atoms with E-state index in [4.69, 9.17) is 5.11 Å². The van der Waals surface area contributed by atoms with Crippen molar-refractivity contribution in [2.45, 2.75) is 17.7 Å². The van der Waals surface area contributed by atoms with Crippen LogP contribution in [0.15, 0.2) is 23.1 Å². The number of benzene rings is 1. The number of hydrogen-bond donors (Lipinski definition) is 1. The Bertz CT molecular complexity index is 592. The number of rotatable bonds is 5. The molecule has 0 atom stereocenters. The minimum atomic E-state index is -3.53. The predicted octanol–water partition coefficient (Wildman–Crippen LogP) is 1.02. The summed E-state index contributed by atoms with van der Waals surface area (Å²) < 4.78 is 22.5. The lowest BCUT2D eigenvalue weighted by atomic mass is 10.1. The molecule has 1 aromatic rings. The maximum absolute atomic E-state index is 11.3. The van der Waals surface area contributed by atoms with Gasteiger partial charge in [0.05, 0.1) is 9.82 Å². The molecular formula is C10H11NO6S. The lowest BCUT2D eigenvalue weighted by molar-refractivity contribution is -0.385. The molecule has 0 bridgehead atoms. The largest absolute Gasteiger partial charge is 0.481 e. The van der Waals surface area contributed by atoms with Gasteiger partial charge >= 0.3 is 5.97 Å². The Morgan fingerprint density at radius 3 is 2.50 bits per heavy atom. The topological polar surface area (TPSA) is 115 Å². The Kier molecular flexibility index (Phi) is 4.02. The molecule has 0 aliphatic carbocycles. The first-order valence-electron chi connectivity index (χ1n) is 4.91. The first kappa shape index (κ1) is 14.1. The van der Waals surface area contributed by atoms with Crippen LogP contribution in [-0.2, 0) is 21.1 Å². The molecule has 0 radical (unpaired) electrons. The number of carbonyl (C=O) groups is 1. The van der Waals surface area contributed by atoms with Gasteiger partial charge in [-0.25, -0.2) is 8.42 Å². The Morgan fingerprint density at radius 2 is 2.06 bits per heavy atom. The average Bonchev–Trinajstić information content (AvgIpc) is 2.24. The molecule has 0 fully saturated rings. The summed E-state index contributed by atoms with van der Waals surface area (Å²) in [6.45, 7) is 0. The normalized spacial score (nSPS) is 11.2. The molecule has 0 saturated heterocycles. The second-order valence-electron chi connectivity index (χ2n) is 3.71. The molecule has 0 aliphatic rings. The summed E-state index contributed by atoms with van der Waals surface area (Å²) in [4.78, 5) is 20.3. The third-order valence-corrected chi connectivity index (χ3v) is 3.40. The highest BCUT2D eigenvalue weighted by Gasteiger charge is 2.18. The van der Waals surface area contributed by atoms with Crippen LogP contribution in [0.4, 0.5) is 5.69 Å². The summed E-state index contributed by atoms with van der Waals surface area (Å²) in [6.07, 6.45) is 0.678. The minimum Gasteiger partial charge on any atom is -0.481 e. The Morgan fingerprint density at radius 1 is 1.44 bits per heavy atom. The van der Waals surface area contributed by atoms with Crippen LogP contribution in [-0.4, -0.2) is 30.7 Å². The van der Waals surface area contributed by atoms with Crippen molar-refractivity contribution in [2.75, 3.05) is 6.26 Å². The van der Waals surface area contributed by atoms with Gasteiger partial charge in [-0.15, -0.1) is 0 Å². The molecular weight excluding hydrogens is 262 g/mol. The number of aryl methyl sites for hydroxylation is 1. The standard InChI is InChI=1S/C10H11NO6S/c1-18(16,17)8-4-2-7(3-5-10(12)13)9(6-8)11(14)15/h2,4,6H,3,5H2,1H3,(H,12,13). The maximum Gasteiger partial charge on any atom is 0.303 e. The van der Waals surface area contributed by atoms with Crippen LogP contribution < -0.4 is 0 Å². The predicted molar refractivity (Wildman–Crippen MR) is 62.2 cm³/mol. The zero-order valence-electron chi connectivity index (χ0n) is 9.49. The van der Waals surface area contributed by atoms with Gasteiger partial charge in [-0.3, -0.25) is 14.9 Å². The van der Waals surface area contributed by atoms with E-state index in [0.29, 0.717) is 0 Å². The molecule has 0 aliphatic heterocycles. The molecule has 0 aromatic heterocycles. The van der Waals surface area contributed by atoms with Crippen molar-refractivity contribution in [3.05, 3.63) is 33.9 Å². The third-order valence-electron chi connectivity index (χ3n) is 2.29. The van der Waals surface area contributed by atoms with Gasteiger partial charge in [-0.2, -0.15) is 0 Å². The van der Waals surface area contributed by atoms with Crippen molar-refractivity contribution >= 4 is 21.5 Å². The van der Waals surface area contributed by atoms with E-state index in [1.54, 1.807) is 0 Å². The number of aliphatic carboxylic acids is 1. The van der Waals surface area contributed by atoms with Crippen LogP contribution in [0.25, 0.3) is 0 Å². The number of hydrogen-bond acceptors (Lipinski definition) is 5. The van der Waals surface area contributed by atoms with Crippen molar-refractivity contribution in [3.63, 3.8) is 0 Å². The van der Waals surface area contributed by atoms with E-state index in [-0.39, 0.29) is 29.0 Å². The van der Waals surface area contributed by atoms with E-state index < -0.39 is 20.7 Å². The van der Waals surface area contributed by atoms with Gasteiger partial charge in [0.1, 0.15) is 0 Å². The highest BCUT2D eigenvalue weighted by molar-refractivity contribution is 7.90. The van der Waals surface area contributed by atoms with Crippen molar-refractivity contribution in [1.82, 2.24) is 0 Å². The van der Waals surface area contributed by atoms with E-state index in [1.807, 2.05) is 0 Å². The zero-order chi connectivity index (χ0) is 13.9. The maximum atomic E-state index is 11.3. The van der Waals surface area contributed by atoms with E-state index in [2.05, 4.69) is 0 Å². The molecule has 0 spiro atoms. The van der Waals surface area contributed by atoms with Crippen LogP contribution in [0.2, 0.25) is 0 Å². The zero-order valence-corrected chi connectivity index (χ0v) is 10.3. The number of nitrogens with zero attached hydrogens (tertiary/aromatic N) is 1. The van der Waals surface area contributed by atoms with Crippen LogP contribution in [0.3, 0.4) is 0 Å². The van der Waals surface area contributed by atoms with Gasteiger partial charge in [-0.1, -0.05) is 6.07 Å². The summed E-state index contributed by atoms with van der Waals surface area (Å²) in [5.41, 5.74) is -0.172. The molecule has 1 rings (SSSR count). The van der Waals surface area contributed by atoms with Crippen LogP contribution in [0.1, 0.15) is 12.0 Å². The number of carboxylic acids is 1. The molecule has 8 heteroatoms. The Labute approximate surface area is 103 Å². The smallest absolute Gasteiger partial charge is 0.303 e. The van der Waals surface area contributed by atoms with Gasteiger partial charge in [0.15, 0.2) is 9.84 Å². The molecule has 0 amide bonds. The molecule has 1 aromatic carbocycles. The second-order valence-corrected chi connectivity index (χ2v) is 5.73. The fourth-order valence-electron chi connectivity index (χ4n) is 1.40. The first-order chi connectivity index (χ1) is 8.21. The van der Waals surface area contributed by atoms with Crippen molar-refractivity contribution < 1.29 is 23.2 Å². The summed E-state index contributed by atoms with van der Waals surface area (Å²) in [6, 6.07) is 3.46. The summed E-state index contributed by atoms with van der Waals surface area (Å²) >= 11 is 0. The van der Waals surface area contributed by atoms with E-state index in [1.165, 1.54) is 12.1 Å². The summed E-state index contributed by atoms with van der Waals surface area (Å²) in [7, 11) is -3.53. The van der Waals surface area contributed by atoms with Gasteiger partial charge in [0.2, 0.25) is 0 Å². The van der Waals surface area contributed by atoms with Crippen LogP contribution >= 0.6 is 0 Å². The first-order valence-corrected chi connectivity index (χ1v) is 6.80. The Balaban J connectivity index is 3.21. The van der Waals surface area contributed by atoms with Crippen molar-refractivity contribution in [2.24, 2.45) is 0 Å². The number of nitro groups is 1. The molecule has 18 heavy (non-hydrogen) atoms. The fourth-order valence-corrected chi connectivity index (χ4v) is 2.04. The highest BCUT2D eigenvalue weighted by atomic mass is 32.2. The fraction of sp³-hybridized carbons (Fsp3) is 0.300. The summed E-state index contributed by atoms with van der Waals surface area (Å²) in [5, 5.41) is 19.3. The van der Waals surface area contributed by atoms with Crippen molar-refractivity contribution in [3.8, 4) is 0 Å². The Hall–Kier alpha value is -1.96. The number of carboxylic acid groups (broad SMARTS) is 1. The molecule has 0 unspecified atom stereocenters. The van der Waals surface area contributed by atoms with E-state index in [9.17, 15) is 23.3 Å². The monoisotopic (exact) mass is 273 g/mol.